The quantitative estimate of drug-likeness (QED) is 0.684. The maximum absolute atomic E-state index is 12.9. The molecule has 1 unspecified atom stereocenters. The van der Waals surface area contributed by atoms with Crippen molar-refractivity contribution in [2.24, 2.45) is 0 Å². The van der Waals surface area contributed by atoms with E-state index in [0.717, 1.165) is 24.8 Å². The maximum Gasteiger partial charge on any atom is 0.261 e. The number of rotatable bonds is 4. The Balaban J connectivity index is 1.08. The Morgan fingerprint density at radius 3 is 2.52 bits per heavy atom. The summed E-state index contributed by atoms with van der Waals surface area (Å²) in [5, 5.41) is 14.8. The van der Waals surface area contributed by atoms with Gasteiger partial charge >= 0.3 is 0 Å². The largest absolute Gasteiger partial charge is 0.480 e. The van der Waals surface area contributed by atoms with Crippen molar-refractivity contribution in [3.8, 4) is 5.75 Å². The lowest BCUT2D eigenvalue weighted by molar-refractivity contribution is -0.188. The van der Waals surface area contributed by atoms with Crippen molar-refractivity contribution in [3.63, 3.8) is 0 Å². The van der Waals surface area contributed by atoms with E-state index in [9.17, 15) is 14.7 Å². The van der Waals surface area contributed by atoms with Gasteiger partial charge in [-0.05, 0) is 55.2 Å². The third kappa shape index (κ3) is 3.42. The van der Waals surface area contributed by atoms with Crippen molar-refractivity contribution in [2.45, 2.75) is 61.3 Å². The Bertz CT molecular complexity index is 1130. The highest BCUT2D eigenvalue weighted by Crippen LogP contribution is 2.64. The summed E-state index contributed by atoms with van der Waals surface area (Å²) < 4.78 is 5.86. The smallest absolute Gasteiger partial charge is 0.261 e. The van der Waals surface area contributed by atoms with Gasteiger partial charge in [-0.15, -0.1) is 0 Å². The second kappa shape index (κ2) is 7.36. The molecule has 0 spiro atoms. The highest BCUT2D eigenvalue weighted by atomic mass is 35.5. The molecule has 33 heavy (non-hydrogen) atoms. The van der Waals surface area contributed by atoms with Gasteiger partial charge in [-0.25, -0.2) is 0 Å². The first-order chi connectivity index (χ1) is 15.8. The van der Waals surface area contributed by atoms with Crippen LogP contribution in [0.25, 0.3) is 0 Å². The average molecular weight is 487 g/mol. The van der Waals surface area contributed by atoms with Crippen LogP contribution < -0.4 is 10.1 Å². The van der Waals surface area contributed by atoms with Crippen LogP contribution in [0.5, 0.6) is 5.75 Å². The van der Waals surface area contributed by atoms with Crippen molar-refractivity contribution >= 4 is 35.0 Å². The topological polar surface area (TPSA) is 78.9 Å². The normalized spacial score (nSPS) is 34.1. The van der Waals surface area contributed by atoms with Crippen LogP contribution in [-0.4, -0.2) is 45.5 Å². The highest BCUT2D eigenvalue weighted by molar-refractivity contribution is 6.30. The van der Waals surface area contributed by atoms with Crippen LogP contribution in [0.1, 0.15) is 55.3 Å². The van der Waals surface area contributed by atoms with Crippen molar-refractivity contribution in [1.82, 2.24) is 10.2 Å². The number of amides is 2. The molecule has 2 amide bonds. The summed E-state index contributed by atoms with van der Waals surface area (Å²) in [5.74, 6) is 0.640. The van der Waals surface area contributed by atoms with Gasteiger partial charge in [0, 0.05) is 52.0 Å². The van der Waals surface area contributed by atoms with Gasteiger partial charge in [-0.2, -0.15) is 0 Å². The number of nitrogens with one attached hydrogen (secondary N) is 1. The second-order valence-corrected chi connectivity index (χ2v) is 10.9. The molecule has 2 N–H and O–H groups in total. The first kappa shape index (κ1) is 21.3. The van der Waals surface area contributed by atoms with E-state index in [2.05, 4.69) is 5.32 Å². The Morgan fingerprint density at radius 1 is 1.09 bits per heavy atom. The molecule has 2 aromatic rings. The predicted octanol–water partition coefficient (Wildman–Crippen LogP) is 3.99. The van der Waals surface area contributed by atoms with Crippen molar-refractivity contribution < 1.29 is 19.4 Å². The zero-order chi connectivity index (χ0) is 23.0. The zero-order valence-electron chi connectivity index (χ0n) is 17.9. The van der Waals surface area contributed by atoms with Gasteiger partial charge in [-0.1, -0.05) is 35.3 Å². The minimum Gasteiger partial charge on any atom is -0.480 e. The molecule has 8 heteroatoms. The molecule has 4 fully saturated rings. The highest BCUT2D eigenvalue weighted by Gasteiger charge is 2.72. The average Bonchev–Trinajstić information content (AvgIpc) is 3.11. The molecule has 3 atom stereocenters. The molecule has 172 valence electrons. The molecule has 3 aliphatic carbocycles. The molecule has 0 aromatic heterocycles. The summed E-state index contributed by atoms with van der Waals surface area (Å²) in [6, 6.07) is 12.8. The van der Waals surface area contributed by atoms with E-state index in [0.29, 0.717) is 34.3 Å². The number of aliphatic hydroxyl groups excluding tert-OH is 1. The molecular formula is C25H24Cl2N2O4. The molecular weight excluding hydrogens is 463 g/mol. The Hall–Kier alpha value is -2.28. The number of benzene rings is 2. The number of hydrogen-bond acceptors (Lipinski definition) is 4. The zero-order valence-corrected chi connectivity index (χ0v) is 19.4. The molecule has 3 saturated carbocycles. The van der Waals surface area contributed by atoms with E-state index in [4.69, 9.17) is 27.9 Å². The Morgan fingerprint density at radius 2 is 1.79 bits per heavy atom. The number of nitrogens with zero attached hydrogens (tertiary/aromatic N) is 1. The first-order valence-electron chi connectivity index (χ1n) is 11.3. The molecule has 0 radical (unpaired) electrons. The van der Waals surface area contributed by atoms with Crippen molar-refractivity contribution in [1.29, 1.82) is 0 Å². The Labute approximate surface area is 201 Å². The van der Waals surface area contributed by atoms with Gasteiger partial charge in [0.15, 0.2) is 6.10 Å². The monoisotopic (exact) mass is 486 g/mol. The van der Waals surface area contributed by atoms with Crippen LogP contribution in [0.3, 0.4) is 0 Å². The molecule has 5 aliphatic rings. The summed E-state index contributed by atoms with van der Waals surface area (Å²) in [6.45, 7) is 0.710. The van der Waals surface area contributed by atoms with Crippen LogP contribution in [-0.2, 0) is 9.59 Å². The fourth-order valence-electron chi connectivity index (χ4n) is 6.20. The summed E-state index contributed by atoms with van der Waals surface area (Å²) in [4.78, 5) is 27.8. The standard InChI is InChI=1S/C25H24Cl2N2O4/c26-16-3-1-14(2-4-16)15-7-22(31)29(10-15)25-11-24(12-25,13-25)28-23(32)21-9-19(30)18-8-17(27)5-6-20(18)33-21/h1-6,8,15,19,21,30H,7,9-13H2,(H,28,32)/t15?,19-,21-,24?,25?/m1/s1. The maximum atomic E-state index is 12.9. The van der Waals surface area contributed by atoms with Crippen LogP contribution in [0, 0.1) is 0 Å². The van der Waals surface area contributed by atoms with Crippen LogP contribution >= 0.6 is 23.2 Å². The SMILES string of the molecule is O=C(NC12CC(N3CC(c4ccc(Cl)cc4)CC3=O)(C1)C2)[C@H]1C[C@@H](O)c2cc(Cl)ccc2O1. The van der Waals surface area contributed by atoms with Crippen molar-refractivity contribution in [3.05, 3.63) is 63.6 Å². The number of hydrogen-bond donors (Lipinski definition) is 2. The molecule has 2 bridgehead atoms. The van der Waals surface area contributed by atoms with Crippen LogP contribution in [0.15, 0.2) is 42.5 Å². The molecule has 2 aromatic carbocycles. The number of halogens is 2. The van der Waals surface area contributed by atoms with E-state index in [1.54, 1.807) is 18.2 Å². The summed E-state index contributed by atoms with van der Waals surface area (Å²) in [6.07, 6.45) is 1.47. The number of fused-ring (bicyclic) bond motifs is 1. The molecule has 1 saturated heterocycles. The number of ether oxygens (including phenoxy) is 1. The minimum atomic E-state index is -0.797. The van der Waals surface area contributed by atoms with Crippen LogP contribution in [0.4, 0.5) is 0 Å². The lowest BCUT2D eigenvalue weighted by atomic mass is 9.43. The second-order valence-electron chi connectivity index (χ2n) is 10.0. The van der Waals surface area contributed by atoms with E-state index >= 15 is 0 Å². The number of likely N-dealkylation sites (tertiary alicyclic amines) is 1. The van der Waals surface area contributed by atoms with Gasteiger partial charge in [0.25, 0.3) is 5.91 Å². The van der Waals surface area contributed by atoms with Gasteiger partial charge in [0.05, 0.1) is 6.10 Å². The van der Waals surface area contributed by atoms with Crippen LogP contribution in [0.2, 0.25) is 10.0 Å². The fraction of sp³-hybridized carbons (Fsp3) is 0.440. The number of carbonyl (C=O) groups is 2. The number of carbonyl (C=O) groups excluding carboxylic acids is 2. The summed E-state index contributed by atoms with van der Waals surface area (Å²) >= 11 is 12.0. The van der Waals surface area contributed by atoms with Gasteiger partial charge in [-0.3, -0.25) is 9.59 Å². The van der Waals surface area contributed by atoms with Crippen molar-refractivity contribution in [2.75, 3.05) is 6.54 Å². The number of aliphatic hydroxyl groups is 1. The van der Waals surface area contributed by atoms with E-state index < -0.39 is 12.2 Å². The Kier molecular flexibility index (Phi) is 4.74. The fourth-order valence-corrected chi connectivity index (χ4v) is 6.50. The molecule has 7 rings (SSSR count). The lowest BCUT2D eigenvalue weighted by Gasteiger charge is -2.73. The molecule has 2 heterocycles. The van der Waals surface area contributed by atoms with Gasteiger partial charge < -0.3 is 20.1 Å². The molecule has 6 nitrogen and oxygen atoms in total. The summed E-state index contributed by atoms with van der Waals surface area (Å²) in [7, 11) is 0. The van der Waals surface area contributed by atoms with E-state index in [1.807, 2.05) is 29.2 Å². The third-order valence-corrected chi connectivity index (χ3v) is 8.25. The van der Waals surface area contributed by atoms with Gasteiger partial charge in [0.2, 0.25) is 5.91 Å². The lowest BCUT2D eigenvalue weighted by Crippen LogP contribution is -2.84. The van der Waals surface area contributed by atoms with E-state index in [-0.39, 0.29) is 35.2 Å². The van der Waals surface area contributed by atoms with Gasteiger partial charge in [0.1, 0.15) is 5.75 Å². The minimum absolute atomic E-state index is 0.137. The third-order valence-electron chi connectivity index (χ3n) is 7.76. The van der Waals surface area contributed by atoms with E-state index in [1.165, 1.54) is 0 Å². The summed E-state index contributed by atoms with van der Waals surface area (Å²) in [5.41, 5.74) is 1.34. The predicted molar refractivity (Wildman–Crippen MR) is 123 cm³/mol. The first-order valence-corrected chi connectivity index (χ1v) is 12.0. The molecule has 2 aliphatic heterocycles.